The quantitative estimate of drug-likeness (QED) is 0.904. The Labute approximate surface area is 108 Å². The van der Waals surface area contributed by atoms with Crippen LogP contribution in [0.4, 0.5) is 0 Å². The van der Waals surface area contributed by atoms with Crippen LogP contribution in [-0.4, -0.2) is 27.7 Å². The molecular weight excluding hydrogens is 226 g/mol. The Hall–Kier alpha value is -1.42. The van der Waals surface area contributed by atoms with Crippen LogP contribution in [0.3, 0.4) is 0 Å². The summed E-state index contributed by atoms with van der Waals surface area (Å²) in [5.74, 6) is 1.33. The molecule has 2 heterocycles. The van der Waals surface area contributed by atoms with Crippen LogP contribution < -0.4 is 0 Å². The summed E-state index contributed by atoms with van der Waals surface area (Å²) in [6.07, 6.45) is 5.47. The fourth-order valence-electron chi connectivity index (χ4n) is 3.07. The predicted molar refractivity (Wildman–Crippen MR) is 70.5 cm³/mol. The Balaban J connectivity index is 1.94. The van der Waals surface area contributed by atoms with Crippen LogP contribution in [0.5, 0.6) is 0 Å². The van der Waals surface area contributed by atoms with Crippen molar-refractivity contribution >= 4 is 11.0 Å². The van der Waals surface area contributed by atoms with Crippen molar-refractivity contribution in [3.05, 3.63) is 23.8 Å². The zero-order valence-corrected chi connectivity index (χ0v) is 10.9. The predicted octanol–water partition coefficient (Wildman–Crippen LogP) is 2.38. The van der Waals surface area contributed by atoms with E-state index >= 15 is 0 Å². The molecule has 4 heteroatoms. The molecular formula is C14H19N3O. The fraction of sp³-hybridized carbons (Fsp3) is 0.571. The third-order valence-electron chi connectivity index (χ3n) is 4.02. The molecule has 2 atom stereocenters. The Kier molecular flexibility index (Phi) is 2.54. The molecule has 3 rings (SSSR count). The van der Waals surface area contributed by atoms with Crippen LogP contribution in [0.25, 0.3) is 11.0 Å². The summed E-state index contributed by atoms with van der Waals surface area (Å²) in [6.45, 7) is 4.52. The summed E-state index contributed by atoms with van der Waals surface area (Å²) in [6, 6.07) is 2.59. The van der Waals surface area contributed by atoms with Gasteiger partial charge in [-0.2, -0.15) is 0 Å². The molecule has 0 unspecified atom stereocenters. The second-order valence-electron chi connectivity index (χ2n) is 5.32. The van der Waals surface area contributed by atoms with Crippen LogP contribution in [0.2, 0.25) is 0 Å². The lowest BCUT2D eigenvalue weighted by Crippen LogP contribution is -2.07. The summed E-state index contributed by atoms with van der Waals surface area (Å²) >= 11 is 0. The van der Waals surface area contributed by atoms with Crippen LogP contribution >= 0.6 is 0 Å². The molecule has 0 radical (unpaired) electrons. The van der Waals surface area contributed by atoms with Crippen LogP contribution in [0, 0.1) is 19.8 Å². The normalized spacial score (nSPS) is 24.7. The van der Waals surface area contributed by atoms with Gasteiger partial charge in [0.1, 0.15) is 11.5 Å². The van der Waals surface area contributed by atoms with Gasteiger partial charge >= 0.3 is 0 Å². The third-order valence-corrected chi connectivity index (χ3v) is 4.02. The maximum absolute atomic E-state index is 6.87. The molecule has 2 aromatic rings. The number of rotatable bonds is 3. The molecule has 1 saturated carbocycles. The molecule has 96 valence electrons. The summed E-state index contributed by atoms with van der Waals surface area (Å²) in [7, 11) is 0. The van der Waals surface area contributed by atoms with Gasteiger partial charge in [-0.3, -0.25) is 0 Å². The highest BCUT2D eigenvalue weighted by molar-refractivity contribution is 5.78. The van der Waals surface area contributed by atoms with Gasteiger partial charge in [-0.05, 0) is 45.1 Å². The molecule has 1 fully saturated rings. The Morgan fingerprint density at radius 2 is 2.33 bits per heavy atom. The van der Waals surface area contributed by atoms with Crippen molar-refractivity contribution in [2.75, 3.05) is 6.61 Å². The fourth-order valence-corrected chi connectivity index (χ4v) is 3.07. The van der Waals surface area contributed by atoms with E-state index in [9.17, 15) is 0 Å². The smallest absolute Gasteiger partial charge is 0.210 e. The number of aliphatic hydroxyl groups is 1. The Bertz CT molecular complexity index is 596. The van der Waals surface area contributed by atoms with E-state index in [2.05, 4.69) is 31.9 Å². The van der Waals surface area contributed by atoms with Gasteiger partial charge < -0.3 is 9.68 Å². The molecule has 0 aromatic carbocycles. The van der Waals surface area contributed by atoms with Crippen molar-refractivity contribution < 1.29 is 5.11 Å². The Morgan fingerprint density at radius 3 is 3.17 bits per heavy atom. The number of aromatic nitrogens is 3. The molecule has 1 aliphatic rings. The SMILES string of the molecule is [2H]OC[C@@H]1CC[C@H](n2ccc3c(C)nc(C)nc32)C1. The minimum absolute atomic E-state index is 0.478. The van der Waals surface area contributed by atoms with Crippen molar-refractivity contribution in [1.29, 1.82) is 1.43 Å². The van der Waals surface area contributed by atoms with Gasteiger partial charge in [0.2, 0.25) is 1.43 Å². The zero-order chi connectivity index (χ0) is 13.4. The molecule has 1 N–H and O–H groups in total. The van der Waals surface area contributed by atoms with Gasteiger partial charge in [-0.1, -0.05) is 0 Å². The van der Waals surface area contributed by atoms with Crippen molar-refractivity contribution in [1.82, 2.24) is 14.5 Å². The summed E-state index contributed by atoms with van der Waals surface area (Å²) < 4.78 is 9.15. The minimum Gasteiger partial charge on any atom is -0.396 e. The van der Waals surface area contributed by atoms with Gasteiger partial charge in [0.05, 0.1) is 5.69 Å². The minimum atomic E-state index is 0.478. The first-order chi connectivity index (χ1) is 9.19. The molecule has 2 aromatic heterocycles. The average Bonchev–Trinajstić information content (AvgIpc) is 2.95. The topological polar surface area (TPSA) is 50.9 Å². The number of fused-ring (bicyclic) bond motifs is 1. The van der Waals surface area contributed by atoms with E-state index in [1.807, 2.05) is 13.8 Å². The van der Waals surface area contributed by atoms with Gasteiger partial charge in [0, 0.05) is 24.2 Å². The van der Waals surface area contributed by atoms with Crippen LogP contribution in [0.15, 0.2) is 12.3 Å². The highest BCUT2D eigenvalue weighted by Crippen LogP contribution is 2.36. The van der Waals surface area contributed by atoms with Gasteiger partial charge in [-0.25, -0.2) is 9.97 Å². The summed E-state index contributed by atoms with van der Waals surface area (Å²) in [5.41, 5.74) is 2.09. The molecule has 18 heavy (non-hydrogen) atoms. The lowest BCUT2D eigenvalue weighted by atomic mass is 10.1. The Morgan fingerprint density at radius 1 is 1.44 bits per heavy atom. The van der Waals surface area contributed by atoms with E-state index < -0.39 is 0 Å². The third kappa shape index (κ3) is 1.81. The number of hydrogen-bond donors (Lipinski definition) is 1. The summed E-state index contributed by atoms with van der Waals surface area (Å²) in [5, 5.41) is 5.68. The number of aryl methyl sites for hydroxylation is 2. The zero-order valence-electron chi connectivity index (χ0n) is 11.9. The standard InChI is InChI=1S/C14H19N3O/c1-9-13-5-6-17(14(13)16-10(2)15-9)12-4-3-11(7-12)8-18/h5-6,11-12,18H,3-4,7-8H2,1-2H3/t11-,12+/m1/s1/i18D. The first-order valence-electron chi connectivity index (χ1n) is 6.99. The maximum atomic E-state index is 6.87. The van der Waals surface area contributed by atoms with Gasteiger partial charge in [-0.15, -0.1) is 0 Å². The van der Waals surface area contributed by atoms with E-state index in [1.165, 1.54) is 0 Å². The maximum Gasteiger partial charge on any atom is 0.210 e. The molecule has 0 bridgehead atoms. The molecule has 0 aliphatic heterocycles. The molecule has 4 nitrogen and oxygen atoms in total. The lowest BCUT2D eigenvalue weighted by molar-refractivity contribution is 0.226. The van der Waals surface area contributed by atoms with Crippen LogP contribution in [0.1, 0.15) is 36.8 Å². The number of aliphatic hydroxyl groups excluding tert-OH is 1. The lowest BCUT2D eigenvalue weighted by Gasteiger charge is -2.14. The van der Waals surface area contributed by atoms with Gasteiger partial charge in [0.15, 0.2) is 0 Å². The first-order valence-corrected chi connectivity index (χ1v) is 6.59. The highest BCUT2D eigenvalue weighted by atomic mass is 16.3. The second-order valence-corrected chi connectivity index (χ2v) is 5.32. The average molecular weight is 246 g/mol. The van der Waals surface area contributed by atoms with Crippen molar-refractivity contribution in [3.8, 4) is 0 Å². The summed E-state index contributed by atoms with van der Waals surface area (Å²) in [4.78, 5) is 9.01. The monoisotopic (exact) mass is 246 g/mol. The highest BCUT2D eigenvalue weighted by Gasteiger charge is 2.26. The number of hydrogen-bond acceptors (Lipinski definition) is 3. The van der Waals surface area contributed by atoms with Crippen molar-refractivity contribution in [2.24, 2.45) is 5.92 Å². The van der Waals surface area contributed by atoms with E-state index in [-0.39, 0.29) is 0 Å². The van der Waals surface area contributed by atoms with Gasteiger partial charge in [0.25, 0.3) is 0 Å². The van der Waals surface area contributed by atoms with E-state index in [1.54, 1.807) is 0 Å². The molecule has 0 saturated heterocycles. The number of nitrogens with zero attached hydrogens (tertiary/aromatic N) is 3. The molecule has 0 spiro atoms. The molecule has 0 amide bonds. The van der Waals surface area contributed by atoms with Crippen molar-refractivity contribution in [3.63, 3.8) is 0 Å². The van der Waals surface area contributed by atoms with E-state index in [4.69, 9.17) is 1.43 Å². The van der Waals surface area contributed by atoms with Crippen molar-refractivity contribution in [2.45, 2.75) is 39.2 Å². The largest absolute Gasteiger partial charge is 0.396 e. The van der Waals surface area contributed by atoms with Crippen LogP contribution in [-0.2, 0) is 0 Å². The van der Waals surface area contributed by atoms with E-state index in [0.29, 0.717) is 18.6 Å². The first kappa shape index (κ1) is 10.5. The van der Waals surface area contributed by atoms with E-state index in [0.717, 1.165) is 41.8 Å². The second kappa shape index (κ2) is 4.35. The molecule has 1 aliphatic carbocycles.